The number of carbonyl (C=O) groups excluding carboxylic acids is 4. The number of esters is 1. The molecule has 0 aromatic rings. The first-order valence-electron chi connectivity index (χ1n) is 8.53. The van der Waals surface area contributed by atoms with E-state index in [1.54, 1.807) is 6.08 Å². The molecular weight excluding hydrogens is 320 g/mol. The summed E-state index contributed by atoms with van der Waals surface area (Å²) in [5, 5.41) is 0. The molecule has 0 radical (unpaired) electrons. The number of fused-ring (bicyclic) bond motifs is 1. The van der Waals surface area contributed by atoms with Gasteiger partial charge in [0.15, 0.2) is 17.3 Å². The van der Waals surface area contributed by atoms with E-state index in [0.29, 0.717) is 5.57 Å². The molecule has 0 N–H and O–H groups in total. The van der Waals surface area contributed by atoms with Gasteiger partial charge in [-0.15, -0.1) is 0 Å². The van der Waals surface area contributed by atoms with Crippen molar-refractivity contribution in [3.05, 3.63) is 35.5 Å². The van der Waals surface area contributed by atoms with Gasteiger partial charge in [-0.2, -0.15) is 0 Å². The molecule has 0 heterocycles. The summed E-state index contributed by atoms with van der Waals surface area (Å²) >= 11 is 0. The molecule has 0 bridgehead atoms. The van der Waals surface area contributed by atoms with Crippen LogP contribution in [-0.2, 0) is 23.9 Å². The molecule has 0 aliphatic heterocycles. The van der Waals surface area contributed by atoms with E-state index in [1.165, 1.54) is 13.0 Å². The van der Waals surface area contributed by atoms with E-state index in [4.69, 9.17) is 4.74 Å². The van der Waals surface area contributed by atoms with E-state index in [9.17, 15) is 19.2 Å². The van der Waals surface area contributed by atoms with Gasteiger partial charge in [0, 0.05) is 35.7 Å². The van der Waals surface area contributed by atoms with Crippen molar-refractivity contribution in [3.8, 4) is 0 Å². The van der Waals surface area contributed by atoms with E-state index in [2.05, 4.69) is 0 Å². The Labute approximate surface area is 146 Å². The fourth-order valence-corrected chi connectivity index (χ4v) is 4.20. The molecule has 3 aliphatic rings. The first-order chi connectivity index (χ1) is 11.6. The Balaban J connectivity index is 2.09. The molecule has 5 heteroatoms. The van der Waals surface area contributed by atoms with Crippen molar-refractivity contribution in [2.24, 2.45) is 29.1 Å². The van der Waals surface area contributed by atoms with Gasteiger partial charge in [0.25, 0.3) is 0 Å². The van der Waals surface area contributed by atoms with E-state index < -0.39 is 34.9 Å². The minimum Gasteiger partial charge on any atom is -0.465 e. The minimum absolute atomic E-state index is 0.0223. The molecule has 25 heavy (non-hydrogen) atoms. The molecule has 0 aromatic carbocycles. The molecule has 4 atom stereocenters. The Morgan fingerprint density at radius 1 is 1.12 bits per heavy atom. The third kappa shape index (κ3) is 2.71. The third-order valence-electron chi connectivity index (χ3n) is 5.45. The maximum Gasteiger partial charge on any atom is 0.302 e. The Morgan fingerprint density at radius 3 is 2.44 bits per heavy atom. The van der Waals surface area contributed by atoms with Gasteiger partial charge in [0.1, 0.15) is 0 Å². The highest BCUT2D eigenvalue weighted by atomic mass is 16.5. The lowest BCUT2D eigenvalue weighted by Gasteiger charge is -2.43. The normalized spacial score (nSPS) is 33.2. The Kier molecular flexibility index (Phi) is 4.13. The topological polar surface area (TPSA) is 77.5 Å². The fourth-order valence-electron chi connectivity index (χ4n) is 4.20. The molecule has 4 unspecified atom stereocenters. The van der Waals surface area contributed by atoms with Crippen molar-refractivity contribution in [1.29, 1.82) is 0 Å². The van der Waals surface area contributed by atoms with Crippen molar-refractivity contribution < 1.29 is 23.9 Å². The number of ether oxygens (including phenoxy) is 1. The molecule has 3 aliphatic carbocycles. The zero-order chi connectivity index (χ0) is 18.5. The smallest absolute Gasteiger partial charge is 0.302 e. The number of carbonyl (C=O) groups is 4. The average molecular weight is 342 g/mol. The maximum atomic E-state index is 13.3. The van der Waals surface area contributed by atoms with E-state index in [0.717, 1.165) is 0 Å². The van der Waals surface area contributed by atoms with Crippen LogP contribution < -0.4 is 0 Å². The Hall–Kier alpha value is -2.30. The average Bonchev–Trinajstić information content (AvgIpc) is 2.53. The van der Waals surface area contributed by atoms with Crippen molar-refractivity contribution in [3.63, 3.8) is 0 Å². The van der Waals surface area contributed by atoms with Gasteiger partial charge in [-0.3, -0.25) is 19.2 Å². The van der Waals surface area contributed by atoms with Crippen LogP contribution in [0.25, 0.3) is 0 Å². The van der Waals surface area contributed by atoms with Gasteiger partial charge in [-0.1, -0.05) is 39.0 Å². The lowest BCUT2D eigenvalue weighted by atomic mass is 9.57. The highest BCUT2D eigenvalue weighted by molar-refractivity contribution is 6.32. The molecule has 3 rings (SSSR count). The first-order valence-corrected chi connectivity index (χ1v) is 8.53. The number of ketones is 3. The molecule has 5 nitrogen and oxygen atoms in total. The third-order valence-corrected chi connectivity index (χ3v) is 5.45. The number of rotatable bonds is 2. The lowest BCUT2D eigenvalue weighted by Crippen LogP contribution is -2.50. The maximum absolute atomic E-state index is 13.3. The number of hydrogen-bond donors (Lipinski definition) is 0. The lowest BCUT2D eigenvalue weighted by molar-refractivity contribution is -0.145. The van der Waals surface area contributed by atoms with Crippen LogP contribution in [0.2, 0.25) is 0 Å². The minimum atomic E-state index is -0.656. The van der Waals surface area contributed by atoms with Crippen LogP contribution in [0.15, 0.2) is 35.5 Å². The van der Waals surface area contributed by atoms with Gasteiger partial charge in [-0.25, -0.2) is 0 Å². The van der Waals surface area contributed by atoms with Crippen molar-refractivity contribution >= 4 is 23.3 Å². The second kappa shape index (κ2) is 5.90. The van der Waals surface area contributed by atoms with Crippen LogP contribution in [0.1, 0.15) is 27.7 Å². The van der Waals surface area contributed by atoms with Crippen LogP contribution >= 0.6 is 0 Å². The second-order valence-corrected chi connectivity index (χ2v) is 7.66. The molecule has 0 aromatic heterocycles. The highest BCUT2D eigenvalue weighted by Crippen LogP contribution is 2.48. The largest absolute Gasteiger partial charge is 0.465 e. The standard InChI is InChI=1S/C20H22O5/c1-10-5-6-12(9-25-11(2)21)15-14(10)19(24)17-16(18(15)23)13(22)7-8-20(17,3)4/h5-8,10,12,14-15H,9H2,1-4H3. The fraction of sp³-hybridized carbons (Fsp3) is 0.500. The van der Waals surface area contributed by atoms with Crippen LogP contribution in [0, 0.1) is 29.1 Å². The predicted molar refractivity (Wildman–Crippen MR) is 90.4 cm³/mol. The van der Waals surface area contributed by atoms with Crippen LogP contribution in [0.4, 0.5) is 0 Å². The Morgan fingerprint density at radius 2 is 1.80 bits per heavy atom. The van der Waals surface area contributed by atoms with E-state index in [1.807, 2.05) is 32.9 Å². The summed E-state index contributed by atoms with van der Waals surface area (Å²) in [7, 11) is 0. The highest BCUT2D eigenvalue weighted by Gasteiger charge is 2.53. The molecular formula is C20H22O5. The van der Waals surface area contributed by atoms with Gasteiger partial charge >= 0.3 is 5.97 Å². The van der Waals surface area contributed by atoms with Crippen LogP contribution in [0.3, 0.4) is 0 Å². The SMILES string of the molecule is CC(=O)OCC1C=CC(C)C2C(=O)C3=C(C(=O)C=CC3(C)C)C(=O)C12. The van der Waals surface area contributed by atoms with Gasteiger partial charge in [-0.05, 0) is 12.0 Å². The summed E-state index contributed by atoms with van der Waals surface area (Å²) in [4.78, 5) is 50.0. The van der Waals surface area contributed by atoms with Crippen molar-refractivity contribution in [2.75, 3.05) is 6.61 Å². The van der Waals surface area contributed by atoms with E-state index in [-0.39, 0.29) is 29.7 Å². The molecule has 0 spiro atoms. The van der Waals surface area contributed by atoms with Gasteiger partial charge in [0.2, 0.25) is 0 Å². The summed E-state index contributed by atoms with van der Waals surface area (Å²) in [6.07, 6.45) is 6.81. The number of hydrogen-bond acceptors (Lipinski definition) is 5. The van der Waals surface area contributed by atoms with E-state index >= 15 is 0 Å². The summed E-state index contributed by atoms with van der Waals surface area (Å²) in [5.74, 6) is -2.94. The first kappa shape index (κ1) is 17.5. The summed E-state index contributed by atoms with van der Waals surface area (Å²) < 4.78 is 5.08. The van der Waals surface area contributed by atoms with Crippen molar-refractivity contribution in [1.82, 2.24) is 0 Å². The molecule has 132 valence electrons. The van der Waals surface area contributed by atoms with Gasteiger partial charge in [0.05, 0.1) is 12.2 Å². The Bertz CT molecular complexity index is 765. The van der Waals surface area contributed by atoms with Crippen LogP contribution in [-0.4, -0.2) is 29.9 Å². The predicted octanol–water partition coefficient (Wildman–Crippen LogP) is 2.22. The molecule has 0 saturated heterocycles. The van der Waals surface area contributed by atoms with Crippen molar-refractivity contribution in [2.45, 2.75) is 27.7 Å². The summed E-state index contributed by atoms with van der Waals surface area (Å²) in [6, 6.07) is 0. The number of Topliss-reactive ketones (excluding diaryl/α,β-unsaturated/α-hetero) is 2. The monoisotopic (exact) mass is 342 g/mol. The zero-order valence-electron chi connectivity index (χ0n) is 14.9. The summed E-state index contributed by atoms with van der Waals surface area (Å²) in [6.45, 7) is 6.93. The quantitative estimate of drug-likeness (QED) is 0.437. The van der Waals surface area contributed by atoms with Crippen LogP contribution in [0.5, 0.6) is 0 Å². The zero-order valence-corrected chi connectivity index (χ0v) is 14.9. The number of allylic oxidation sites excluding steroid dienone is 5. The molecule has 0 fully saturated rings. The summed E-state index contributed by atoms with van der Waals surface area (Å²) in [5.41, 5.74) is -0.290. The second-order valence-electron chi connectivity index (χ2n) is 7.66. The molecule has 0 amide bonds. The molecule has 0 saturated carbocycles. The van der Waals surface area contributed by atoms with Gasteiger partial charge < -0.3 is 4.74 Å².